The molecule has 1 aliphatic heterocycles. The first kappa shape index (κ1) is 13.4. The van der Waals surface area contributed by atoms with E-state index in [2.05, 4.69) is 4.74 Å². The van der Waals surface area contributed by atoms with Gasteiger partial charge in [-0.2, -0.15) is 0 Å². The summed E-state index contributed by atoms with van der Waals surface area (Å²) in [5, 5.41) is 0. The number of esters is 1. The Hall–Kier alpha value is -2.08. The number of carbonyl (C=O) groups excluding carboxylic acids is 2. The van der Waals surface area contributed by atoms with Gasteiger partial charge in [-0.25, -0.2) is 9.59 Å². The molecule has 1 fully saturated rings. The number of nitrogens with zero attached hydrogens (tertiary/aromatic N) is 1. The fraction of sp³-hybridized carbons (Fsp3) is 0.385. The number of nitrogens with two attached hydrogens (primary N) is 1. The highest BCUT2D eigenvalue weighted by atomic mass is 16.6. The third-order valence-electron chi connectivity index (χ3n) is 3.00. The molecular weight excluding hydrogens is 248 g/mol. The number of carbonyl (C=O) groups is 2. The maximum Gasteiger partial charge on any atom is 0.414 e. The van der Waals surface area contributed by atoms with Crippen molar-refractivity contribution >= 4 is 17.7 Å². The summed E-state index contributed by atoms with van der Waals surface area (Å²) in [6, 6.07) is 6.68. The van der Waals surface area contributed by atoms with E-state index in [4.69, 9.17) is 10.5 Å². The molecule has 6 nitrogen and oxygen atoms in total. The number of hydrogen-bond acceptors (Lipinski definition) is 5. The van der Waals surface area contributed by atoms with Gasteiger partial charge in [0, 0.05) is 25.2 Å². The number of hydrogen-bond donors (Lipinski definition) is 1. The number of rotatable bonds is 3. The minimum Gasteiger partial charge on any atom is -0.465 e. The lowest BCUT2D eigenvalue weighted by Crippen LogP contribution is -2.44. The van der Waals surface area contributed by atoms with Crippen molar-refractivity contribution in [3.8, 4) is 0 Å². The van der Waals surface area contributed by atoms with Crippen LogP contribution in [0.5, 0.6) is 0 Å². The van der Waals surface area contributed by atoms with Crippen LogP contribution in [0.3, 0.4) is 0 Å². The van der Waals surface area contributed by atoms with Gasteiger partial charge in [0.15, 0.2) is 0 Å². The predicted molar refractivity (Wildman–Crippen MR) is 69.1 cm³/mol. The minimum atomic E-state index is -0.441. The van der Waals surface area contributed by atoms with Gasteiger partial charge in [-0.05, 0) is 18.2 Å². The lowest BCUT2D eigenvalue weighted by atomic mass is 10.1. The Morgan fingerprint density at radius 3 is 3.00 bits per heavy atom. The van der Waals surface area contributed by atoms with Crippen LogP contribution in [0.4, 0.5) is 10.5 Å². The van der Waals surface area contributed by atoms with Gasteiger partial charge in [-0.1, -0.05) is 6.07 Å². The third-order valence-corrected chi connectivity index (χ3v) is 3.00. The van der Waals surface area contributed by atoms with Crippen LogP contribution in [0.1, 0.15) is 16.8 Å². The summed E-state index contributed by atoms with van der Waals surface area (Å²) in [7, 11) is 1.32. The van der Waals surface area contributed by atoms with E-state index in [-0.39, 0.29) is 6.10 Å². The van der Waals surface area contributed by atoms with Gasteiger partial charge in [-0.3, -0.25) is 4.90 Å². The number of methoxy groups -OCH3 is 1. The molecule has 1 aliphatic rings. The Morgan fingerprint density at radius 1 is 1.58 bits per heavy atom. The molecule has 1 aromatic carbocycles. The van der Waals surface area contributed by atoms with E-state index in [1.807, 2.05) is 0 Å². The van der Waals surface area contributed by atoms with E-state index in [0.717, 1.165) is 0 Å². The van der Waals surface area contributed by atoms with Gasteiger partial charge in [-0.15, -0.1) is 0 Å². The first-order valence-corrected chi connectivity index (χ1v) is 6.02. The van der Waals surface area contributed by atoms with Crippen LogP contribution in [-0.4, -0.2) is 38.4 Å². The quantitative estimate of drug-likeness (QED) is 0.828. The van der Waals surface area contributed by atoms with Crippen molar-refractivity contribution in [2.45, 2.75) is 12.5 Å². The third kappa shape index (κ3) is 2.85. The summed E-state index contributed by atoms with van der Waals surface area (Å²) < 4.78 is 9.82. The number of anilines is 1. The topological polar surface area (TPSA) is 81.9 Å². The zero-order chi connectivity index (χ0) is 13.8. The van der Waals surface area contributed by atoms with Gasteiger partial charge >= 0.3 is 12.1 Å². The molecule has 19 heavy (non-hydrogen) atoms. The molecule has 0 spiro atoms. The molecule has 0 aromatic heterocycles. The van der Waals surface area contributed by atoms with E-state index < -0.39 is 12.1 Å². The number of cyclic esters (lactones) is 1. The largest absolute Gasteiger partial charge is 0.465 e. The summed E-state index contributed by atoms with van der Waals surface area (Å²) >= 11 is 0. The van der Waals surface area contributed by atoms with Gasteiger partial charge < -0.3 is 15.2 Å². The number of amides is 1. The van der Waals surface area contributed by atoms with Crippen molar-refractivity contribution in [2.75, 3.05) is 25.1 Å². The van der Waals surface area contributed by atoms with Crippen molar-refractivity contribution in [3.05, 3.63) is 29.8 Å². The van der Waals surface area contributed by atoms with Crippen molar-refractivity contribution in [1.82, 2.24) is 0 Å². The summed E-state index contributed by atoms with van der Waals surface area (Å²) in [4.78, 5) is 24.8. The van der Waals surface area contributed by atoms with Gasteiger partial charge in [0.2, 0.25) is 0 Å². The number of ether oxygens (including phenoxy) is 2. The molecule has 102 valence electrons. The molecule has 1 atom stereocenters. The van der Waals surface area contributed by atoms with Crippen LogP contribution in [-0.2, 0) is 9.47 Å². The Balaban J connectivity index is 2.18. The Labute approximate surface area is 111 Å². The van der Waals surface area contributed by atoms with Crippen molar-refractivity contribution in [1.29, 1.82) is 0 Å². The molecule has 1 heterocycles. The second-order valence-corrected chi connectivity index (χ2v) is 4.22. The SMILES string of the molecule is COC(=O)c1cccc(N2CCC(CN)OC2=O)c1. The molecule has 1 aromatic rings. The van der Waals surface area contributed by atoms with Crippen LogP contribution in [0, 0.1) is 0 Å². The van der Waals surface area contributed by atoms with E-state index in [1.165, 1.54) is 12.0 Å². The molecule has 6 heteroatoms. The summed E-state index contributed by atoms with van der Waals surface area (Å²) in [6.07, 6.45) is 0.00119. The molecule has 2 rings (SSSR count). The molecule has 0 bridgehead atoms. The van der Waals surface area contributed by atoms with Crippen LogP contribution in [0.2, 0.25) is 0 Å². The number of benzene rings is 1. The Kier molecular flexibility index (Phi) is 4.01. The second-order valence-electron chi connectivity index (χ2n) is 4.22. The average molecular weight is 264 g/mol. The lowest BCUT2D eigenvalue weighted by Gasteiger charge is -2.31. The summed E-state index contributed by atoms with van der Waals surface area (Å²) in [5.74, 6) is -0.438. The molecule has 0 aliphatic carbocycles. The fourth-order valence-corrected chi connectivity index (χ4v) is 1.95. The molecule has 1 unspecified atom stereocenters. The van der Waals surface area contributed by atoms with Crippen molar-refractivity contribution < 1.29 is 19.1 Å². The Morgan fingerprint density at radius 2 is 2.37 bits per heavy atom. The van der Waals surface area contributed by atoms with Crippen LogP contribution in [0.15, 0.2) is 24.3 Å². The zero-order valence-electron chi connectivity index (χ0n) is 10.7. The van der Waals surface area contributed by atoms with E-state index in [9.17, 15) is 9.59 Å². The molecule has 0 radical (unpaired) electrons. The molecule has 1 amide bonds. The fourth-order valence-electron chi connectivity index (χ4n) is 1.95. The molecule has 1 saturated heterocycles. The molecule has 2 N–H and O–H groups in total. The van der Waals surface area contributed by atoms with Gasteiger partial charge in [0.05, 0.1) is 12.7 Å². The monoisotopic (exact) mass is 264 g/mol. The van der Waals surface area contributed by atoms with Crippen molar-refractivity contribution in [3.63, 3.8) is 0 Å². The van der Waals surface area contributed by atoms with Crippen LogP contribution >= 0.6 is 0 Å². The zero-order valence-corrected chi connectivity index (χ0v) is 10.7. The standard InChI is InChI=1S/C13H16N2O4/c1-18-12(16)9-3-2-4-10(7-9)15-6-5-11(8-14)19-13(15)17/h2-4,7,11H,5-6,8,14H2,1H3. The van der Waals surface area contributed by atoms with Gasteiger partial charge in [0.25, 0.3) is 0 Å². The first-order chi connectivity index (χ1) is 9.15. The van der Waals surface area contributed by atoms with E-state index >= 15 is 0 Å². The van der Waals surface area contributed by atoms with Crippen molar-refractivity contribution in [2.24, 2.45) is 5.73 Å². The minimum absolute atomic E-state index is 0.229. The van der Waals surface area contributed by atoms with E-state index in [0.29, 0.717) is 30.8 Å². The maximum absolute atomic E-state index is 11.8. The summed E-state index contributed by atoms with van der Waals surface area (Å²) in [5.41, 5.74) is 6.49. The molecule has 0 saturated carbocycles. The normalized spacial score (nSPS) is 18.9. The highest BCUT2D eigenvalue weighted by Gasteiger charge is 2.27. The average Bonchev–Trinajstić information content (AvgIpc) is 2.46. The smallest absolute Gasteiger partial charge is 0.414 e. The maximum atomic E-state index is 11.8. The van der Waals surface area contributed by atoms with E-state index in [1.54, 1.807) is 24.3 Å². The van der Waals surface area contributed by atoms with Gasteiger partial charge in [0.1, 0.15) is 6.10 Å². The Bertz CT molecular complexity index is 489. The van der Waals surface area contributed by atoms with Crippen LogP contribution < -0.4 is 10.6 Å². The summed E-state index contributed by atoms with van der Waals surface area (Å²) in [6.45, 7) is 0.840. The highest BCUT2D eigenvalue weighted by molar-refractivity contribution is 5.93. The molecular formula is C13H16N2O4. The van der Waals surface area contributed by atoms with Crippen LogP contribution in [0.25, 0.3) is 0 Å². The first-order valence-electron chi connectivity index (χ1n) is 6.02. The lowest BCUT2D eigenvalue weighted by molar-refractivity contribution is 0.0600. The highest BCUT2D eigenvalue weighted by Crippen LogP contribution is 2.22. The predicted octanol–water partition coefficient (Wildman–Crippen LogP) is 1.15. The second kappa shape index (κ2) is 5.71.